The van der Waals surface area contributed by atoms with Gasteiger partial charge >= 0.3 is 0 Å². The Morgan fingerprint density at radius 1 is 1.36 bits per heavy atom. The van der Waals surface area contributed by atoms with Crippen molar-refractivity contribution in [3.8, 4) is 0 Å². The van der Waals surface area contributed by atoms with Crippen molar-refractivity contribution < 1.29 is 4.39 Å². The first-order chi connectivity index (χ1) is 5.77. The van der Waals surface area contributed by atoms with Gasteiger partial charge in [0, 0.05) is 6.04 Å². The van der Waals surface area contributed by atoms with Gasteiger partial charge in [0.1, 0.15) is 0 Å². The van der Waals surface area contributed by atoms with E-state index in [9.17, 15) is 4.39 Å². The summed E-state index contributed by atoms with van der Waals surface area (Å²) in [6.07, 6.45) is 2.30. The lowest BCUT2D eigenvalue weighted by atomic mass is 10.1. The second kappa shape index (κ2) is 5.49. The van der Waals surface area contributed by atoms with Crippen LogP contribution in [0.4, 0.5) is 4.39 Å². The fourth-order valence-corrected chi connectivity index (χ4v) is 1.31. The quantitative estimate of drug-likeness (QED) is 0.805. The summed E-state index contributed by atoms with van der Waals surface area (Å²) in [5.74, 6) is 0.0860. The Hall–Kier alpha value is -0.380. The Balaban J connectivity index is 0.000000845. The number of nitrogens with two attached hydrogens (primary N) is 1. The van der Waals surface area contributed by atoms with Crippen LogP contribution in [0.3, 0.4) is 0 Å². The molecule has 1 aromatic heterocycles. The monoisotopic (exact) mass is 238 g/mol. The van der Waals surface area contributed by atoms with Crippen LogP contribution < -0.4 is 5.73 Å². The average Bonchev–Trinajstić information content (AvgIpc) is 2.85. The maximum atomic E-state index is 12.6. The van der Waals surface area contributed by atoms with Crippen molar-refractivity contribution in [3.05, 3.63) is 29.8 Å². The van der Waals surface area contributed by atoms with Gasteiger partial charge in [0.05, 0.1) is 5.69 Å². The van der Waals surface area contributed by atoms with E-state index in [1.807, 2.05) is 0 Å². The molecule has 1 atom stereocenters. The Kier molecular flexibility index (Phi) is 5.34. The summed E-state index contributed by atoms with van der Waals surface area (Å²) < 4.78 is 12.6. The van der Waals surface area contributed by atoms with E-state index in [4.69, 9.17) is 5.73 Å². The predicted octanol–water partition coefficient (Wildman–Crippen LogP) is 2.47. The normalized spacial score (nSPS) is 16.4. The summed E-state index contributed by atoms with van der Waals surface area (Å²) in [4.78, 5) is 3.74. The minimum Gasteiger partial charge on any atom is -0.322 e. The smallest absolute Gasteiger partial charge is 0.213 e. The summed E-state index contributed by atoms with van der Waals surface area (Å²) in [5, 5.41) is 0. The molecule has 2 nitrogen and oxygen atoms in total. The first-order valence-corrected chi connectivity index (χ1v) is 4.15. The van der Waals surface area contributed by atoms with Crippen LogP contribution in [-0.2, 0) is 0 Å². The Morgan fingerprint density at radius 2 is 2.00 bits per heavy atom. The molecule has 0 bridgehead atoms. The topological polar surface area (TPSA) is 38.9 Å². The lowest BCUT2D eigenvalue weighted by molar-refractivity contribution is 0.548. The van der Waals surface area contributed by atoms with Crippen LogP contribution in [0.5, 0.6) is 0 Å². The molecular formula is C9H13Cl2FN2. The van der Waals surface area contributed by atoms with Crippen molar-refractivity contribution in [2.45, 2.75) is 18.9 Å². The third-order valence-corrected chi connectivity index (χ3v) is 2.21. The largest absolute Gasteiger partial charge is 0.322 e. The van der Waals surface area contributed by atoms with Crippen LogP contribution in [0.25, 0.3) is 0 Å². The molecular weight excluding hydrogens is 226 g/mol. The van der Waals surface area contributed by atoms with Gasteiger partial charge in [-0.25, -0.2) is 4.98 Å². The van der Waals surface area contributed by atoms with Gasteiger partial charge in [0.25, 0.3) is 0 Å². The Bertz CT molecular complexity index is 292. The van der Waals surface area contributed by atoms with Crippen molar-refractivity contribution in [2.24, 2.45) is 11.7 Å². The lowest BCUT2D eigenvalue weighted by Gasteiger charge is -2.08. The number of pyridine rings is 1. The van der Waals surface area contributed by atoms with Gasteiger partial charge in [-0.1, -0.05) is 6.07 Å². The minimum atomic E-state index is -0.441. The number of nitrogens with zero attached hydrogens (tertiary/aromatic N) is 1. The van der Waals surface area contributed by atoms with Crippen LogP contribution in [0, 0.1) is 11.9 Å². The fraction of sp³-hybridized carbons (Fsp3) is 0.444. The zero-order valence-corrected chi connectivity index (χ0v) is 9.15. The SMILES string of the molecule is Cl.Cl.N[C@H](c1cccc(F)n1)C1CC1. The Morgan fingerprint density at radius 3 is 2.50 bits per heavy atom. The number of halogens is 3. The van der Waals surface area contributed by atoms with E-state index >= 15 is 0 Å². The summed E-state index contributed by atoms with van der Waals surface area (Å²) in [6.45, 7) is 0. The zero-order chi connectivity index (χ0) is 8.55. The average molecular weight is 239 g/mol. The molecule has 1 fully saturated rings. The molecule has 2 N–H and O–H groups in total. The molecule has 80 valence electrons. The van der Waals surface area contributed by atoms with E-state index in [0.29, 0.717) is 11.6 Å². The molecule has 1 aliphatic carbocycles. The molecule has 1 aliphatic rings. The third-order valence-electron chi connectivity index (χ3n) is 2.21. The predicted molar refractivity (Wildman–Crippen MR) is 58.3 cm³/mol. The molecule has 0 aromatic carbocycles. The van der Waals surface area contributed by atoms with E-state index in [1.165, 1.54) is 6.07 Å². The standard InChI is InChI=1S/C9H11FN2.2ClH/c10-8-3-1-2-7(12-8)9(11)6-4-5-6;;/h1-3,6,9H,4-5,11H2;2*1H/t9-;;/m0../s1. The first-order valence-electron chi connectivity index (χ1n) is 4.15. The molecule has 0 spiro atoms. The van der Waals surface area contributed by atoms with Crippen molar-refractivity contribution in [3.63, 3.8) is 0 Å². The van der Waals surface area contributed by atoms with E-state index < -0.39 is 5.95 Å². The molecule has 5 heteroatoms. The molecule has 0 aliphatic heterocycles. The van der Waals surface area contributed by atoms with Gasteiger partial charge in [-0.2, -0.15) is 4.39 Å². The number of hydrogen-bond donors (Lipinski definition) is 1. The van der Waals surface area contributed by atoms with Crippen LogP contribution in [-0.4, -0.2) is 4.98 Å². The van der Waals surface area contributed by atoms with Crippen LogP contribution >= 0.6 is 24.8 Å². The van der Waals surface area contributed by atoms with Crippen LogP contribution in [0.15, 0.2) is 18.2 Å². The van der Waals surface area contributed by atoms with E-state index in [1.54, 1.807) is 12.1 Å². The molecule has 14 heavy (non-hydrogen) atoms. The van der Waals surface area contributed by atoms with Crippen LogP contribution in [0.2, 0.25) is 0 Å². The van der Waals surface area contributed by atoms with Gasteiger partial charge in [-0.15, -0.1) is 24.8 Å². The molecule has 1 aromatic rings. The maximum Gasteiger partial charge on any atom is 0.213 e. The summed E-state index contributed by atoms with van der Waals surface area (Å²) >= 11 is 0. The van der Waals surface area contributed by atoms with E-state index in [-0.39, 0.29) is 30.9 Å². The molecule has 1 heterocycles. The summed E-state index contributed by atoms with van der Waals surface area (Å²) in [5.41, 5.74) is 6.52. The van der Waals surface area contributed by atoms with Crippen molar-refractivity contribution in [1.82, 2.24) is 4.98 Å². The lowest BCUT2D eigenvalue weighted by Crippen LogP contribution is -2.14. The zero-order valence-electron chi connectivity index (χ0n) is 7.52. The van der Waals surface area contributed by atoms with Gasteiger partial charge in [-0.05, 0) is 30.9 Å². The second-order valence-electron chi connectivity index (χ2n) is 3.25. The highest BCUT2D eigenvalue weighted by Gasteiger charge is 2.30. The molecule has 0 unspecified atom stereocenters. The van der Waals surface area contributed by atoms with E-state index in [0.717, 1.165) is 12.8 Å². The minimum absolute atomic E-state index is 0. The molecule has 0 radical (unpaired) electrons. The molecule has 1 saturated carbocycles. The summed E-state index contributed by atoms with van der Waals surface area (Å²) in [6, 6.07) is 4.70. The molecule has 2 rings (SSSR count). The van der Waals surface area contributed by atoms with Gasteiger partial charge in [0.2, 0.25) is 5.95 Å². The van der Waals surface area contributed by atoms with Gasteiger partial charge < -0.3 is 5.73 Å². The fourth-order valence-electron chi connectivity index (χ4n) is 1.31. The maximum absolute atomic E-state index is 12.6. The van der Waals surface area contributed by atoms with Crippen molar-refractivity contribution >= 4 is 24.8 Å². The second-order valence-corrected chi connectivity index (χ2v) is 3.25. The van der Waals surface area contributed by atoms with Crippen molar-refractivity contribution in [1.29, 1.82) is 0 Å². The summed E-state index contributed by atoms with van der Waals surface area (Å²) in [7, 11) is 0. The molecule has 0 saturated heterocycles. The van der Waals surface area contributed by atoms with Crippen LogP contribution in [0.1, 0.15) is 24.6 Å². The van der Waals surface area contributed by atoms with Crippen molar-refractivity contribution in [2.75, 3.05) is 0 Å². The molecule has 0 amide bonds. The van der Waals surface area contributed by atoms with Gasteiger partial charge in [0.15, 0.2) is 0 Å². The highest BCUT2D eigenvalue weighted by Crippen LogP contribution is 2.38. The number of rotatable bonds is 2. The third kappa shape index (κ3) is 3.08. The highest BCUT2D eigenvalue weighted by atomic mass is 35.5. The number of aromatic nitrogens is 1. The Labute approximate surface area is 94.9 Å². The highest BCUT2D eigenvalue weighted by molar-refractivity contribution is 5.85. The first kappa shape index (κ1) is 13.6. The van der Waals surface area contributed by atoms with E-state index in [2.05, 4.69) is 4.98 Å². The number of hydrogen-bond acceptors (Lipinski definition) is 2. The van der Waals surface area contributed by atoms with Gasteiger partial charge in [-0.3, -0.25) is 0 Å².